The van der Waals surface area contributed by atoms with Gasteiger partial charge in [0, 0.05) is 30.3 Å². The summed E-state index contributed by atoms with van der Waals surface area (Å²) in [5.41, 5.74) is 1.41. The molecule has 1 saturated heterocycles. The number of hydrogen-bond acceptors (Lipinski definition) is 10. The van der Waals surface area contributed by atoms with Crippen molar-refractivity contribution in [3.05, 3.63) is 71.3 Å². The number of aromatic hydroxyl groups is 4. The van der Waals surface area contributed by atoms with Gasteiger partial charge in [-0.1, -0.05) is 24.3 Å². The Balaban J connectivity index is 1.35. The van der Waals surface area contributed by atoms with Crippen LogP contribution in [0.5, 0.6) is 23.0 Å². The number of rotatable bonds is 7. The van der Waals surface area contributed by atoms with Crippen LogP contribution in [0.1, 0.15) is 17.0 Å². The van der Waals surface area contributed by atoms with Crippen molar-refractivity contribution in [3.63, 3.8) is 0 Å². The summed E-state index contributed by atoms with van der Waals surface area (Å²) >= 11 is 0. The Morgan fingerprint density at radius 2 is 1.63 bits per heavy atom. The molecule has 38 heavy (non-hydrogen) atoms. The first kappa shape index (κ1) is 25.2. The van der Waals surface area contributed by atoms with Crippen molar-refractivity contribution >= 4 is 17.9 Å². The van der Waals surface area contributed by atoms with Crippen LogP contribution in [0.3, 0.4) is 0 Å². The maximum absolute atomic E-state index is 12.8. The van der Waals surface area contributed by atoms with E-state index in [9.17, 15) is 45.0 Å². The number of carbonyl (C=O) groups excluding carboxylic acids is 2. The number of aliphatic carboxylic acids is 1. The third-order valence-electron chi connectivity index (χ3n) is 7.36. The zero-order valence-corrected chi connectivity index (χ0v) is 19.7. The Bertz CT molecular complexity index is 1380. The van der Waals surface area contributed by atoms with E-state index in [1.54, 1.807) is 12.1 Å². The second kappa shape index (κ2) is 9.42. The topological polar surface area (TPSA) is 191 Å². The van der Waals surface area contributed by atoms with Gasteiger partial charge in [0.25, 0.3) is 0 Å². The van der Waals surface area contributed by atoms with Crippen LogP contribution in [0.2, 0.25) is 0 Å². The molecule has 2 fully saturated rings. The van der Waals surface area contributed by atoms with Gasteiger partial charge < -0.3 is 40.1 Å². The molecule has 0 amide bonds. The van der Waals surface area contributed by atoms with Crippen molar-refractivity contribution in [1.29, 1.82) is 0 Å². The molecule has 0 spiro atoms. The van der Waals surface area contributed by atoms with E-state index in [0.717, 1.165) is 6.08 Å². The maximum atomic E-state index is 12.8. The molecule has 11 heteroatoms. The van der Waals surface area contributed by atoms with Gasteiger partial charge in [0.2, 0.25) is 6.10 Å². The number of carbonyl (C=O) groups is 3. The number of phenols is 4. The molecule has 6 N–H and O–H groups in total. The van der Waals surface area contributed by atoms with Crippen LogP contribution in [0, 0.1) is 17.8 Å². The number of benzene rings is 2. The number of hydrogen-bond donors (Lipinski definition) is 6. The molecule has 4 bridgehead atoms. The van der Waals surface area contributed by atoms with Crippen LogP contribution in [0.25, 0.3) is 0 Å². The van der Waals surface area contributed by atoms with E-state index in [2.05, 4.69) is 0 Å². The fraction of sp³-hybridized carbons (Fsp3) is 0.296. The predicted molar refractivity (Wildman–Crippen MR) is 127 cm³/mol. The van der Waals surface area contributed by atoms with E-state index < -0.39 is 65.6 Å². The number of phenolic OH excluding ortho intramolecular Hbond substituents is 4. The number of carboxylic acid groups (broad SMARTS) is 1. The minimum Gasteiger partial charge on any atom is -0.504 e. The molecule has 7 atom stereocenters. The highest BCUT2D eigenvalue weighted by Crippen LogP contribution is 2.58. The van der Waals surface area contributed by atoms with Gasteiger partial charge in [-0.05, 0) is 41.0 Å². The van der Waals surface area contributed by atoms with Crippen molar-refractivity contribution in [2.45, 2.75) is 30.7 Å². The minimum atomic E-state index is -1.57. The summed E-state index contributed by atoms with van der Waals surface area (Å²) in [7, 11) is 0. The molecule has 6 rings (SSSR count). The zero-order chi connectivity index (χ0) is 27.3. The normalized spacial score (nSPS) is 28.1. The number of aliphatic hydroxyl groups is 1. The molecule has 1 heterocycles. The number of ether oxygens (including phenoxy) is 2. The fourth-order valence-electron chi connectivity index (χ4n) is 5.67. The first-order chi connectivity index (χ1) is 18.0. The van der Waals surface area contributed by atoms with Gasteiger partial charge >= 0.3 is 17.9 Å². The van der Waals surface area contributed by atoms with Gasteiger partial charge in [-0.3, -0.25) is 4.79 Å². The first-order valence-electron chi connectivity index (χ1n) is 11.8. The lowest BCUT2D eigenvalue weighted by atomic mass is 9.56. The highest BCUT2D eigenvalue weighted by molar-refractivity contribution is 5.86. The standard InChI is InChI=1S/C27H24O11/c28-15-4-1-11(7-17(15)30)8-19(26(34)35)37-20(32)6-3-12-9-14-21(13-2-5-16(29)18(31)10-13)23-22(12)25(24(14)33)38-27(23)36/h1-7,9-10,14,19,21-25,28-31,33H,8H2,(H,34,35)/t14-,19+,21+,22+,23-,24-,25-/m1/s1. The van der Waals surface area contributed by atoms with Crippen LogP contribution in [-0.4, -0.2) is 66.9 Å². The second-order valence-corrected chi connectivity index (χ2v) is 9.59. The summed E-state index contributed by atoms with van der Waals surface area (Å²) in [4.78, 5) is 36.9. The Morgan fingerprint density at radius 3 is 2.29 bits per heavy atom. The van der Waals surface area contributed by atoms with E-state index in [1.807, 2.05) is 0 Å². The van der Waals surface area contributed by atoms with E-state index in [-0.39, 0.29) is 23.7 Å². The average molecular weight is 524 g/mol. The molecule has 0 radical (unpaired) electrons. The third kappa shape index (κ3) is 4.30. The van der Waals surface area contributed by atoms with Gasteiger partial charge in [-0.25, -0.2) is 9.59 Å². The molecule has 11 nitrogen and oxygen atoms in total. The summed E-state index contributed by atoms with van der Waals surface area (Å²) in [6.45, 7) is 0. The van der Waals surface area contributed by atoms with Gasteiger partial charge in [-0.2, -0.15) is 0 Å². The Morgan fingerprint density at radius 1 is 0.947 bits per heavy atom. The van der Waals surface area contributed by atoms with Gasteiger partial charge in [0.15, 0.2) is 23.0 Å². The largest absolute Gasteiger partial charge is 0.504 e. The van der Waals surface area contributed by atoms with Gasteiger partial charge in [0.1, 0.15) is 6.10 Å². The second-order valence-electron chi connectivity index (χ2n) is 9.59. The predicted octanol–water partition coefficient (Wildman–Crippen LogP) is 1.48. The molecule has 2 aromatic carbocycles. The lowest BCUT2D eigenvalue weighted by Gasteiger charge is -2.46. The van der Waals surface area contributed by atoms with Crippen molar-refractivity contribution in [3.8, 4) is 23.0 Å². The molecular weight excluding hydrogens is 500 g/mol. The van der Waals surface area contributed by atoms with Crippen LogP contribution >= 0.6 is 0 Å². The van der Waals surface area contributed by atoms with E-state index >= 15 is 0 Å². The summed E-state index contributed by atoms with van der Waals surface area (Å²) in [5, 5.41) is 59.0. The van der Waals surface area contributed by atoms with Crippen LogP contribution in [0.15, 0.2) is 60.2 Å². The lowest BCUT2D eigenvalue weighted by Crippen LogP contribution is -2.51. The maximum Gasteiger partial charge on any atom is 0.345 e. The van der Waals surface area contributed by atoms with Crippen molar-refractivity contribution in [2.75, 3.05) is 0 Å². The van der Waals surface area contributed by atoms with E-state index in [1.165, 1.54) is 36.4 Å². The smallest absolute Gasteiger partial charge is 0.345 e. The van der Waals surface area contributed by atoms with Gasteiger partial charge in [0.05, 0.1) is 12.0 Å². The number of allylic oxidation sites excluding steroid dienone is 1. The lowest BCUT2D eigenvalue weighted by molar-refractivity contribution is -0.160. The summed E-state index contributed by atoms with van der Waals surface area (Å²) in [6, 6.07) is 7.95. The van der Waals surface area contributed by atoms with Crippen molar-refractivity contribution in [2.24, 2.45) is 17.8 Å². The summed E-state index contributed by atoms with van der Waals surface area (Å²) in [6.07, 6.45) is 0.493. The molecule has 0 unspecified atom stereocenters. The van der Waals surface area contributed by atoms with Crippen LogP contribution in [0.4, 0.5) is 0 Å². The summed E-state index contributed by atoms with van der Waals surface area (Å²) in [5.74, 6) is -6.79. The van der Waals surface area contributed by atoms with Crippen LogP contribution in [-0.2, 0) is 30.3 Å². The SMILES string of the molecule is O=C(C=CC1=C[C@H]2[C@@H](O)[C@@H]3OC(=O)[C@@H]([C@H]13)[C@H]2c1ccc(O)c(O)c1)O[C@@H](Cc1ccc(O)c(O)c1)C(=O)O. The molecule has 0 aromatic heterocycles. The van der Waals surface area contributed by atoms with E-state index in [4.69, 9.17) is 9.47 Å². The van der Waals surface area contributed by atoms with Crippen molar-refractivity contribution < 1.29 is 54.5 Å². The number of aliphatic hydroxyl groups excluding tert-OH is 1. The Hall–Kier alpha value is -4.51. The fourth-order valence-corrected chi connectivity index (χ4v) is 5.67. The molecule has 3 aliphatic carbocycles. The highest BCUT2D eigenvalue weighted by atomic mass is 16.6. The zero-order valence-electron chi connectivity index (χ0n) is 19.7. The van der Waals surface area contributed by atoms with Gasteiger partial charge in [-0.15, -0.1) is 0 Å². The molecule has 198 valence electrons. The monoisotopic (exact) mass is 524 g/mol. The quantitative estimate of drug-likeness (QED) is 0.175. The third-order valence-corrected chi connectivity index (χ3v) is 7.36. The highest BCUT2D eigenvalue weighted by Gasteiger charge is 2.63. The molecule has 1 aliphatic heterocycles. The Labute approximate surface area is 215 Å². The number of esters is 2. The minimum absolute atomic E-state index is 0.254. The molecular formula is C27H24O11. The number of carboxylic acids is 1. The molecule has 2 aromatic rings. The average Bonchev–Trinajstić information content (AvgIpc) is 3.18. The van der Waals surface area contributed by atoms with E-state index in [0.29, 0.717) is 16.7 Å². The first-order valence-corrected chi connectivity index (χ1v) is 11.8. The Kier molecular flexibility index (Phi) is 6.23. The molecule has 1 saturated carbocycles. The molecule has 4 aliphatic rings. The summed E-state index contributed by atoms with van der Waals surface area (Å²) < 4.78 is 10.5. The van der Waals surface area contributed by atoms with Crippen molar-refractivity contribution in [1.82, 2.24) is 0 Å². The van der Waals surface area contributed by atoms with Crippen LogP contribution < -0.4 is 0 Å².